The number of rotatable bonds is 11. The molecule has 1 fully saturated rings. The Kier molecular flexibility index (Phi) is 9.24. The highest BCUT2D eigenvalue weighted by molar-refractivity contribution is 6.03. The summed E-state index contributed by atoms with van der Waals surface area (Å²) < 4.78 is 25.0. The van der Waals surface area contributed by atoms with Crippen LogP contribution in [0, 0.1) is 0 Å². The quantitative estimate of drug-likeness (QED) is 0.201. The zero-order chi connectivity index (χ0) is 31.3. The second-order valence-electron chi connectivity index (χ2n) is 11.4. The third-order valence-electron chi connectivity index (χ3n) is 7.06. The van der Waals surface area contributed by atoms with Gasteiger partial charge in [-0.15, -0.1) is 0 Å². The maximum absolute atomic E-state index is 13.0. The van der Waals surface area contributed by atoms with Gasteiger partial charge in [0.15, 0.2) is 11.5 Å². The minimum atomic E-state index is -0.521. The van der Waals surface area contributed by atoms with Crippen LogP contribution in [0.3, 0.4) is 0 Å². The summed E-state index contributed by atoms with van der Waals surface area (Å²) in [5, 5.41) is 3.82. The van der Waals surface area contributed by atoms with E-state index in [4.69, 9.17) is 18.9 Å². The molecule has 0 radical (unpaired) electrons. The van der Waals surface area contributed by atoms with Crippen molar-refractivity contribution >= 4 is 28.7 Å². The van der Waals surface area contributed by atoms with Crippen molar-refractivity contribution in [3.8, 4) is 17.2 Å². The fraction of sp³-hybridized carbons (Fsp3) is 0.364. The second kappa shape index (κ2) is 13.3. The van der Waals surface area contributed by atoms with Crippen molar-refractivity contribution in [2.75, 3.05) is 50.7 Å². The number of pyridine rings is 1. The van der Waals surface area contributed by atoms with Crippen LogP contribution in [0.1, 0.15) is 49.5 Å². The van der Waals surface area contributed by atoms with Crippen molar-refractivity contribution in [2.45, 2.75) is 39.2 Å². The summed E-state index contributed by atoms with van der Waals surface area (Å²) in [5.74, 6) is 1.86. The molecule has 2 N–H and O–H groups in total. The van der Waals surface area contributed by atoms with E-state index in [0.29, 0.717) is 61.5 Å². The molecule has 0 bridgehead atoms. The van der Waals surface area contributed by atoms with Crippen LogP contribution in [0.25, 0.3) is 10.9 Å². The van der Waals surface area contributed by atoms with Crippen molar-refractivity contribution < 1.29 is 28.5 Å². The van der Waals surface area contributed by atoms with E-state index in [1.165, 1.54) is 0 Å². The molecule has 0 saturated carbocycles. The SMILES string of the molecule is CCOCCOc1cc2c(ccn2NC)cc1Oc1ccnc(NC(=O)c2ccc(C3CN(C(=O)OC(C)(C)C)C3)cc2)c1. The summed E-state index contributed by atoms with van der Waals surface area (Å²) in [7, 11) is 1.84. The summed E-state index contributed by atoms with van der Waals surface area (Å²) >= 11 is 0. The molecule has 5 rings (SSSR count). The lowest BCUT2D eigenvalue weighted by Crippen LogP contribution is -2.50. The maximum Gasteiger partial charge on any atom is 0.410 e. The number of hydrogen-bond donors (Lipinski definition) is 2. The van der Waals surface area contributed by atoms with Gasteiger partial charge in [0.2, 0.25) is 0 Å². The molecular weight excluding hydrogens is 562 g/mol. The number of ether oxygens (including phenoxy) is 4. The van der Waals surface area contributed by atoms with Crippen LogP contribution >= 0.6 is 0 Å². The normalized spacial score (nSPS) is 13.3. The maximum atomic E-state index is 13.0. The minimum absolute atomic E-state index is 0.208. The summed E-state index contributed by atoms with van der Waals surface area (Å²) in [6.07, 6.45) is 3.20. The number of anilines is 1. The van der Waals surface area contributed by atoms with Crippen LogP contribution in [0.2, 0.25) is 0 Å². The van der Waals surface area contributed by atoms with Gasteiger partial charge in [0.1, 0.15) is 23.8 Å². The first-order valence-corrected chi connectivity index (χ1v) is 14.7. The smallest absolute Gasteiger partial charge is 0.410 e. The molecule has 2 aromatic heterocycles. The topological polar surface area (TPSA) is 116 Å². The highest BCUT2D eigenvalue weighted by Gasteiger charge is 2.34. The number of fused-ring (bicyclic) bond motifs is 1. The van der Waals surface area contributed by atoms with Crippen molar-refractivity contribution in [2.24, 2.45) is 0 Å². The Hall–Kier alpha value is -4.77. The van der Waals surface area contributed by atoms with Crippen molar-refractivity contribution in [1.82, 2.24) is 14.6 Å². The van der Waals surface area contributed by atoms with Gasteiger partial charge in [0.05, 0.1) is 12.1 Å². The lowest BCUT2D eigenvalue weighted by Gasteiger charge is -2.40. The Morgan fingerprint density at radius 1 is 1.00 bits per heavy atom. The molecule has 4 aromatic rings. The van der Waals surface area contributed by atoms with Crippen molar-refractivity contribution in [3.63, 3.8) is 0 Å². The number of nitrogens with zero attached hydrogens (tertiary/aromatic N) is 3. The Morgan fingerprint density at radius 2 is 1.77 bits per heavy atom. The summed E-state index contributed by atoms with van der Waals surface area (Å²) in [6, 6.07) is 16.6. The third-order valence-corrected chi connectivity index (χ3v) is 7.06. The van der Waals surface area contributed by atoms with Gasteiger partial charge in [-0.3, -0.25) is 9.47 Å². The molecule has 1 saturated heterocycles. The molecule has 11 heteroatoms. The lowest BCUT2D eigenvalue weighted by molar-refractivity contribution is 0.00819. The summed E-state index contributed by atoms with van der Waals surface area (Å²) in [6.45, 7) is 10.1. The van der Waals surface area contributed by atoms with Crippen LogP contribution in [0.15, 0.2) is 67.0 Å². The average Bonchev–Trinajstić information content (AvgIpc) is 3.36. The predicted molar refractivity (Wildman–Crippen MR) is 168 cm³/mol. The summed E-state index contributed by atoms with van der Waals surface area (Å²) in [4.78, 5) is 31.2. The fourth-order valence-electron chi connectivity index (χ4n) is 4.81. The first-order valence-electron chi connectivity index (χ1n) is 14.7. The van der Waals surface area contributed by atoms with Gasteiger partial charge >= 0.3 is 6.09 Å². The standard InChI is InChI=1S/C33H39N5O6/c1-6-41-15-16-42-28-19-27-24(12-14-38(27)34-5)17-29(28)43-26-11-13-35-30(18-26)36-31(39)23-9-7-22(8-10-23)25-20-37(21-25)32(40)44-33(2,3)4/h7-14,17-19,25,34H,6,15-16,20-21H2,1-5H3,(H,35,36,39). The summed E-state index contributed by atoms with van der Waals surface area (Å²) in [5.41, 5.74) is 5.10. The van der Waals surface area contributed by atoms with Gasteiger partial charge in [-0.25, -0.2) is 9.78 Å². The number of hydrogen-bond acceptors (Lipinski definition) is 8. The second-order valence-corrected chi connectivity index (χ2v) is 11.4. The zero-order valence-corrected chi connectivity index (χ0v) is 25.8. The van der Waals surface area contributed by atoms with Crippen LogP contribution in [0.5, 0.6) is 17.2 Å². The van der Waals surface area contributed by atoms with Gasteiger partial charge in [0, 0.05) is 68.1 Å². The Morgan fingerprint density at radius 3 is 2.48 bits per heavy atom. The Labute approximate surface area is 257 Å². The largest absolute Gasteiger partial charge is 0.487 e. The molecule has 232 valence electrons. The molecular formula is C33H39N5O6. The molecule has 3 heterocycles. The number of likely N-dealkylation sites (tertiary alicyclic amines) is 1. The van der Waals surface area contributed by atoms with E-state index in [0.717, 1.165) is 16.5 Å². The number of benzene rings is 2. The highest BCUT2D eigenvalue weighted by Crippen LogP contribution is 2.36. The van der Waals surface area contributed by atoms with E-state index >= 15 is 0 Å². The molecule has 2 amide bonds. The Bertz CT molecular complexity index is 1610. The first-order chi connectivity index (χ1) is 21.1. The molecule has 0 unspecified atom stereocenters. The van der Waals surface area contributed by atoms with E-state index in [1.807, 2.05) is 75.9 Å². The third kappa shape index (κ3) is 7.41. The van der Waals surface area contributed by atoms with Crippen LogP contribution in [0.4, 0.5) is 10.6 Å². The molecule has 1 aliphatic rings. The first kappa shape index (κ1) is 30.7. The van der Waals surface area contributed by atoms with Crippen LogP contribution in [-0.2, 0) is 9.47 Å². The van der Waals surface area contributed by atoms with E-state index in [9.17, 15) is 9.59 Å². The molecule has 1 aliphatic heterocycles. The van der Waals surface area contributed by atoms with E-state index in [1.54, 1.807) is 35.4 Å². The molecule has 11 nitrogen and oxygen atoms in total. The zero-order valence-electron chi connectivity index (χ0n) is 25.8. The Balaban J connectivity index is 1.22. The molecule has 0 aliphatic carbocycles. The molecule has 44 heavy (non-hydrogen) atoms. The molecule has 0 spiro atoms. The molecule has 0 atom stereocenters. The fourth-order valence-corrected chi connectivity index (χ4v) is 4.81. The van der Waals surface area contributed by atoms with Gasteiger partial charge in [-0.1, -0.05) is 12.1 Å². The van der Waals surface area contributed by atoms with E-state index in [-0.39, 0.29) is 17.9 Å². The number of nitrogens with one attached hydrogen (secondary N) is 2. The van der Waals surface area contributed by atoms with Crippen molar-refractivity contribution in [1.29, 1.82) is 0 Å². The van der Waals surface area contributed by atoms with Gasteiger partial charge in [0.25, 0.3) is 5.91 Å². The van der Waals surface area contributed by atoms with Gasteiger partial charge in [-0.2, -0.15) is 0 Å². The monoisotopic (exact) mass is 601 g/mol. The van der Waals surface area contributed by atoms with Gasteiger partial charge in [-0.05, 0) is 63.6 Å². The van der Waals surface area contributed by atoms with Crippen molar-refractivity contribution in [3.05, 3.63) is 78.1 Å². The van der Waals surface area contributed by atoms with Gasteiger partial charge < -0.3 is 34.6 Å². The number of aromatic nitrogens is 2. The van der Waals surface area contributed by atoms with E-state index in [2.05, 4.69) is 15.7 Å². The number of carbonyl (C=O) groups is 2. The minimum Gasteiger partial charge on any atom is -0.487 e. The number of carbonyl (C=O) groups excluding carboxylic acids is 2. The molecule has 2 aromatic carbocycles. The number of amides is 2. The average molecular weight is 602 g/mol. The van der Waals surface area contributed by atoms with Crippen LogP contribution in [-0.4, -0.2) is 72.1 Å². The predicted octanol–water partition coefficient (Wildman–Crippen LogP) is 6.00. The van der Waals surface area contributed by atoms with Crippen LogP contribution < -0.4 is 20.2 Å². The lowest BCUT2D eigenvalue weighted by atomic mass is 9.91. The highest BCUT2D eigenvalue weighted by atomic mass is 16.6. The van der Waals surface area contributed by atoms with E-state index < -0.39 is 5.60 Å².